The number of pyridine rings is 1. The fourth-order valence-electron chi connectivity index (χ4n) is 5.05. The van der Waals surface area contributed by atoms with E-state index in [9.17, 15) is 9.18 Å². The highest BCUT2D eigenvalue weighted by molar-refractivity contribution is 5.80. The van der Waals surface area contributed by atoms with E-state index in [4.69, 9.17) is 4.74 Å². The number of rotatable bonds is 6. The highest BCUT2D eigenvalue weighted by atomic mass is 19.1. The Kier molecular flexibility index (Phi) is 5.97. The number of methoxy groups -OCH3 is 1. The largest absolute Gasteiger partial charge is 0.497 e. The topological polar surface area (TPSA) is 88.9 Å². The van der Waals surface area contributed by atoms with Crippen LogP contribution in [0.25, 0.3) is 10.9 Å². The third-order valence-electron chi connectivity index (χ3n) is 6.95. The van der Waals surface area contributed by atoms with Crippen LogP contribution in [-0.4, -0.2) is 43.7 Å². The van der Waals surface area contributed by atoms with Crippen LogP contribution < -0.4 is 10.3 Å². The Morgan fingerprint density at radius 1 is 1.05 bits per heavy atom. The fourth-order valence-corrected chi connectivity index (χ4v) is 5.05. The lowest BCUT2D eigenvalue weighted by Crippen LogP contribution is -2.38. The number of nitrogens with one attached hydrogen (secondary N) is 1. The van der Waals surface area contributed by atoms with Crippen molar-refractivity contribution in [1.29, 1.82) is 0 Å². The van der Waals surface area contributed by atoms with Crippen molar-refractivity contribution in [2.24, 2.45) is 0 Å². The molecule has 5 aromatic rings. The molecule has 0 spiro atoms. The molecule has 0 amide bonds. The predicted molar refractivity (Wildman–Crippen MR) is 137 cm³/mol. The van der Waals surface area contributed by atoms with Crippen LogP contribution >= 0.6 is 0 Å². The number of benzene rings is 3. The lowest BCUT2D eigenvalue weighted by molar-refractivity contribution is 0.194. The molecule has 3 aromatic carbocycles. The summed E-state index contributed by atoms with van der Waals surface area (Å²) in [5, 5.41) is 13.5. The zero-order valence-corrected chi connectivity index (χ0v) is 20.3. The molecular formula is C28H25FN6O2. The van der Waals surface area contributed by atoms with E-state index in [0.29, 0.717) is 30.2 Å². The summed E-state index contributed by atoms with van der Waals surface area (Å²) < 4.78 is 20.6. The molecule has 3 heterocycles. The minimum Gasteiger partial charge on any atom is -0.497 e. The van der Waals surface area contributed by atoms with Gasteiger partial charge in [-0.2, -0.15) is 0 Å². The quantitative estimate of drug-likeness (QED) is 0.384. The molecule has 9 heteroatoms. The van der Waals surface area contributed by atoms with E-state index >= 15 is 0 Å². The molecule has 1 aliphatic rings. The van der Waals surface area contributed by atoms with Crippen molar-refractivity contribution >= 4 is 10.9 Å². The minimum atomic E-state index is -0.497. The molecule has 37 heavy (non-hydrogen) atoms. The van der Waals surface area contributed by atoms with Crippen molar-refractivity contribution in [2.75, 3.05) is 13.7 Å². The average Bonchev–Trinajstić information content (AvgIpc) is 3.37. The number of hydrogen-bond acceptors (Lipinski definition) is 6. The first-order valence-corrected chi connectivity index (χ1v) is 12.1. The molecule has 0 unspecified atom stereocenters. The lowest BCUT2D eigenvalue weighted by atomic mass is 9.96. The van der Waals surface area contributed by atoms with Crippen molar-refractivity contribution in [2.45, 2.75) is 25.6 Å². The SMILES string of the molecule is COc1ccc2[nH]c(=O)c([C@H](c3nnnn3Cc3ccc(F)cc3)N3CCc4ccccc4C3)cc2c1. The third-order valence-corrected chi connectivity index (χ3v) is 6.95. The van der Waals surface area contributed by atoms with Crippen LogP contribution in [0.4, 0.5) is 4.39 Å². The molecular weight excluding hydrogens is 471 g/mol. The van der Waals surface area contributed by atoms with Gasteiger partial charge in [-0.25, -0.2) is 9.07 Å². The number of hydrogen-bond donors (Lipinski definition) is 1. The molecule has 0 radical (unpaired) electrons. The number of halogens is 1. The maximum absolute atomic E-state index is 13.5. The minimum absolute atomic E-state index is 0.196. The number of ether oxygens (including phenoxy) is 1. The van der Waals surface area contributed by atoms with Crippen molar-refractivity contribution in [1.82, 2.24) is 30.1 Å². The van der Waals surface area contributed by atoms with E-state index < -0.39 is 6.04 Å². The molecule has 1 N–H and O–H groups in total. The Bertz CT molecular complexity index is 1630. The van der Waals surface area contributed by atoms with Crippen LogP contribution in [0.5, 0.6) is 5.75 Å². The van der Waals surface area contributed by atoms with Gasteiger partial charge in [0.25, 0.3) is 5.56 Å². The molecule has 0 saturated heterocycles. The Morgan fingerprint density at radius 3 is 2.68 bits per heavy atom. The van der Waals surface area contributed by atoms with Gasteiger partial charge >= 0.3 is 0 Å². The van der Waals surface area contributed by atoms with Gasteiger partial charge in [-0.3, -0.25) is 9.69 Å². The first-order valence-electron chi connectivity index (χ1n) is 12.1. The summed E-state index contributed by atoms with van der Waals surface area (Å²) in [7, 11) is 1.62. The first kappa shape index (κ1) is 23.1. The number of tetrazole rings is 1. The molecule has 8 nitrogen and oxygen atoms in total. The Balaban J connectivity index is 1.47. The second-order valence-corrected chi connectivity index (χ2v) is 9.22. The molecule has 186 valence electrons. The average molecular weight is 497 g/mol. The summed E-state index contributed by atoms with van der Waals surface area (Å²) in [6.45, 7) is 1.74. The summed E-state index contributed by atoms with van der Waals surface area (Å²) >= 11 is 0. The van der Waals surface area contributed by atoms with Crippen LogP contribution in [0.15, 0.2) is 77.6 Å². The van der Waals surface area contributed by atoms with Gasteiger partial charge in [-0.1, -0.05) is 36.4 Å². The van der Waals surface area contributed by atoms with Gasteiger partial charge in [-0.15, -0.1) is 5.10 Å². The van der Waals surface area contributed by atoms with Gasteiger partial charge in [0.1, 0.15) is 17.6 Å². The van der Waals surface area contributed by atoms with E-state index in [1.165, 1.54) is 23.3 Å². The van der Waals surface area contributed by atoms with E-state index in [1.807, 2.05) is 30.3 Å². The van der Waals surface area contributed by atoms with E-state index in [2.05, 4.69) is 43.6 Å². The zero-order valence-electron chi connectivity index (χ0n) is 20.3. The molecule has 0 saturated carbocycles. The summed E-state index contributed by atoms with van der Waals surface area (Å²) in [6.07, 6.45) is 0.853. The highest BCUT2D eigenvalue weighted by Gasteiger charge is 2.32. The Hall–Kier alpha value is -4.37. The van der Waals surface area contributed by atoms with Crippen LogP contribution in [0.1, 0.15) is 34.1 Å². The van der Waals surface area contributed by atoms with Crippen molar-refractivity contribution in [3.8, 4) is 5.75 Å². The van der Waals surface area contributed by atoms with Gasteiger partial charge in [0.2, 0.25) is 0 Å². The normalized spacial score (nSPS) is 14.4. The first-order chi connectivity index (χ1) is 18.1. The van der Waals surface area contributed by atoms with Gasteiger partial charge in [0.05, 0.1) is 13.7 Å². The molecule has 0 fully saturated rings. The maximum atomic E-state index is 13.5. The van der Waals surface area contributed by atoms with Crippen LogP contribution in [-0.2, 0) is 19.5 Å². The summed E-state index contributed by atoms with van der Waals surface area (Å²) in [5.41, 5.74) is 4.46. The number of H-pyrrole nitrogens is 1. The molecule has 0 aliphatic carbocycles. The van der Waals surface area contributed by atoms with E-state index in [0.717, 1.165) is 29.4 Å². The van der Waals surface area contributed by atoms with Crippen molar-refractivity contribution < 1.29 is 9.13 Å². The van der Waals surface area contributed by atoms with Gasteiger partial charge in [0, 0.05) is 29.6 Å². The standard InChI is InChI=1S/C28H25FN6O2/c1-37-23-10-11-25-21(14-23)15-24(28(36)30-25)26(34-13-12-19-4-2-3-5-20(19)17-34)27-31-32-33-35(27)16-18-6-8-22(29)9-7-18/h2-11,14-15,26H,12-13,16-17H2,1H3,(H,30,36)/t26-/m1/s1. The lowest BCUT2D eigenvalue weighted by Gasteiger charge is -2.34. The summed E-state index contributed by atoms with van der Waals surface area (Å²) in [5.74, 6) is 0.954. The zero-order chi connectivity index (χ0) is 25.4. The number of aromatic amines is 1. The van der Waals surface area contributed by atoms with Crippen molar-refractivity contribution in [3.63, 3.8) is 0 Å². The highest BCUT2D eigenvalue weighted by Crippen LogP contribution is 2.32. The fraction of sp³-hybridized carbons (Fsp3) is 0.214. The van der Waals surface area contributed by atoms with Gasteiger partial charge < -0.3 is 9.72 Å². The Morgan fingerprint density at radius 2 is 1.86 bits per heavy atom. The third kappa shape index (κ3) is 4.49. The predicted octanol–water partition coefficient (Wildman–Crippen LogP) is 3.86. The van der Waals surface area contributed by atoms with E-state index in [-0.39, 0.29) is 11.4 Å². The monoisotopic (exact) mass is 496 g/mol. The van der Waals surface area contributed by atoms with Crippen LogP contribution in [0.2, 0.25) is 0 Å². The van der Waals surface area contributed by atoms with Gasteiger partial charge in [0.15, 0.2) is 5.82 Å². The number of fused-ring (bicyclic) bond motifs is 2. The maximum Gasteiger partial charge on any atom is 0.253 e. The number of aromatic nitrogens is 5. The van der Waals surface area contributed by atoms with Crippen LogP contribution in [0, 0.1) is 5.82 Å². The Labute approximate surface area is 212 Å². The second-order valence-electron chi connectivity index (χ2n) is 9.22. The molecule has 0 bridgehead atoms. The van der Waals surface area contributed by atoms with Crippen molar-refractivity contribution in [3.05, 3.63) is 117 Å². The molecule has 1 atom stereocenters. The molecule has 2 aromatic heterocycles. The number of nitrogens with zero attached hydrogens (tertiary/aromatic N) is 5. The second kappa shape index (κ2) is 9.59. The summed E-state index contributed by atoms with van der Waals surface area (Å²) in [4.78, 5) is 18.8. The van der Waals surface area contributed by atoms with Gasteiger partial charge in [-0.05, 0) is 69.9 Å². The molecule has 6 rings (SSSR count). The summed E-state index contributed by atoms with van der Waals surface area (Å²) in [6, 6.07) is 21.6. The smallest absolute Gasteiger partial charge is 0.253 e. The van der Waals surface area contributed by atoms with Crippen LogP contribution in [0.3, 0.4) is 0 Å². The molecule has 1 aliphatic heterocycles. The van der Waals surface area contributed by atoms with E-state index in [1.54, 1.807) is 23.9 Å².